The number of hydrogen-bond acceptors (Lipinski definition) is 4. The summed E-state index contributed by atoms with van der Waals surface area (Å²) in [5.74, 6) is 0.00246. The molecule has 7 heteroatoms. The number of halogens is 1. The van der Waals surface area contributed by atoms with Gasteiger partial charge < -0.3 is 0 Å². The molecule has 1 heterocycles. The Balaban J connectivity index is 2.33. The number of sulfonamides is 1. The van der Waals surface area contributed by atoms with Gasteiger partial charge >= 0.3 is 0 Å². The molecule has 0 fully saturated rings. The highest BCUT2D eigenvalue weighted by molar-refractivity contribution is 7.92. The molecule has 0 radical (unpaired) electrons. The molecule has 0 aliphatic carbocycles. The third kappa shape index (κ3) is 3.80. The number of nitrogens with zero attached hydrogens (tertiary/aromatic N) is 1. The van der Waals surface area contributed by atoms with Crippen LogP contribution in [-0.2, 0) is 10.0 Å². The SMILES string of the molecule is CCC(=O)c1cccc(S(=O)(=O)Nc2cc(Cl)ccn2)c1. The van der Waals surface area contributed by atoms with Gasteiger partial charge in [-0.15, -0.1) is 0 Å². The van der Waals surface area contributed by atoms with E-state index in [0.717, 1.165) is 0 Å². The van der Waals surface area contributed by atoms with Gasteiger partial charge in [-0.3, -0.25) is 9.52 Å². The van der Waals surface area contributed by atoms with Crippen molar-refractivity contribution in [3.05, 3.63) is 53.2 Å². The van der Waals surface area contributed by atoms with Crippen LogP contribution in [-0.4, -0.2) is 19.2 Å². The summed E-state index contributed by atoms with van der Waals surface area (Å²) in [5, 5.41) is 0.373. The number of carbonyl (C=O) groups is 1. The number of rotatable bonds is 5. The molecule has 2 rings (SSSR count). The lowest BCUT2D eigenvalue weighted by Gasteiger charge is -2.08. The van der Waals surface area contributed by atoms with E-state index in [1.165, 1.54) is 30.5 Å². The molecular formula is C14H13ClN2O3S. The molecule has 0 saturated carbocycles. The Morgan fingerprint density at radius 2 is 2.05 bits per heavy atom. The van der Waals surface area contributed by atoms with Crippen LogP contribution in [0, 0.1) is 0 Å². The lowest BCUT2D eigenvalue weighted by Crippen LogP contribution is -2.14. The largest absolute Gasteiger partial charge is 0.294 e. The number of pyridine rings is 1. The maximum absolute atomic E-state index is 12.3. The summed E-state index contributed by atoms with van der Waals surface area (Å²) in [6.45, 7) is 1.72. The molecule has 110 valence electrons. The van der Waals surface area contributed by atoms with Gasteiger partial charge in [0.2, 0.25) is 0 Å². The van der Waals surface area contributed by atoms with Crippen LogP contribution in [0.25, 0.3) is 0 Å². The zero-order valence-corrected chi connectivity index (χ0v) is 12.8. The van der Waals surface area contributed by atoms with E-state index in [9.17, 15) is 13.2 Å². The molecule has 0 amide bonds. The summed E-state index contributed by atoms with van der Waals surface area (Å²) < 4.78 is 26.9. The third-order valence-electron chi connectivity index (χ3n) is 2.75. The second-order valence-corrected chi connectivity index (χ2v) is 6.39. The van der Waals surface area contributed by atoms with Crippen LogP contribution in [0.2, 0.25) is 5.02 Å². The summed E-state index contributed by atoms with van der Waals surface area (Å²) in [7, 11) is -3.82. The minimum Gasteiger partial charge on any atom is -0.294 e. The first-order chi connectivity index (χ1) is 9.92. The average Bonchev–Trinajstić information content (AvgIpc) is 2.46. The van der Waals surface area contributed by atoms with Gasteiger partial charge in [0.25, 0.3) is 10.0 Å². The standard InChI is InChI=1S/C14H13ClN2O3S/c1-2-13(18)10-4-3-5-12(8-10)21(19,20)17-14-9-11(15)6-7-16-14/h3-9H,2H2,1H3,(H,16,17). The third-order valence-corrected chi connectivity index (χ3v) is 4.34. The lowest BCUT2D eigenvalue weighted by molar-refractivity contribution is 0.0988. The molecule has 0 saturated heterocycles. The fraction of sp³-hybridized carbons (Fsp3) is 0.143. The predicted octanol–water partition coefficient (Wildman–Crippen LogP) is 3.13. The smallest absolute Gasteiger partial charge is 0.263 e. The quantitative estimate of drug-likeness (QED) is 0.857. The molecule has 0 aliphatic rings. The fourth-order valence-electron chi connectivity index (χ4n) is 1.70. The number of hydrogen-bond donors (Lipinski definition) is 1. The van der Waals surface area contributed by atoms with Crippen LogP contribution >= 0.6 is 11.6 Å². The summed E-state index contributed by atoms with van der Waals surface area (Å²) in [6, 6.07) is 8.82. The van der Waals surface area contributed by atoms with Crippen molar-refractivity contribution in [3.63, 3.8) is 0 Å². The zero-order chi connectivity index (χ0) is 15.5. The molecule has 1 N–H and O–H groups in total. The molecule has 0 aliphatic heterocycles. The molecule has 0 unspecified atom stereocenters. The minimum absolute atomic E-state index is 0.00331. The topological polar surface area (TPSA) is 76.1 Å². The van der Waals surface area contributed by atoms with Gasteiger partial charge in [0.05, 0.1) is 4.90 Å². The van der Waals surface area contributed by atoms with Crippen LogP contribution in [0.5, 0.6) is 0 Å². The molecule has 1 aromatic heterocycles. The van der Waals surface area contributed by atoms with Crippen LogP contribution in [0.4, 0.5) is 5.82 Å². The van der Waals surface area contributed by atoms with Gasteiger partial charge in [0, 0.05) is 29.3 Å². The number of Topliss-reactive ketones (excluding diaryl/α,β-unsaturated/α-hetero) is 1. The van der Waals surface area contributed by atoms with E-state index < -0.39 is 10.0 Å². The van der Waals surface area contributed by atoms with Gasteiger partial charge in [-0.25, -0.2) is 13.4 Å². The van der Waals surface area contributed by atoms with E-state index in [1.807, 2.05) is 0 Å². The van der Waals surface area contributed by atoms with E-state index in [-0.39, 0.29) is 16.5 Å². The first-order valence-electron chi connectivity index (χ1n) is 6.20. The Morgan fingerprint density at radius 3 is 2.71 bits per heavy atom. The number of benzene rings is 1. The van der Waals surface area contributed by atoms with Gasteiger partial charge in [0.15, 0.2) is 5.78 Å². The van der Waals surface area contributed by atoms with Crippen LogP contribution in [0.1, 0.15) is 23.7 Å². The normalized spacial score (nSPS) is 11.1. The number of nitrogens with one attached hydrogen (secondary N) is 1. The maximum Gasteiger partial charge on any atom is 0.263 e. The Morgan fingerprint density at radius 1 is 1.29 bits per heavy atom. The second kappa shape index (κ2) is 6.24. The summed E-state index contributed by atoms with van der Waals surface area (Å²) in [4.78, 5) is 15.5. The highest BCUT2D eigenvalue weighted by atomic mass is 35.5. The van der Waals surface area contributed by atoms with Crippen LogP contribution < -0.4 is 4.72 Å². The molecule has 2 aromatic rings. The van der Waals surface area contributed by atoms with E-state index in [1.54, 1.807) is 19.1 Å². The molecule has 5 nitrogen and oxygen atoms in total. The number of aromatic nitrogens is 1. The van der Waals surface area contributed by atoms with Crippen molar-refractivity contribution in [3.8, 4) is 0 Å². The van der Waals surface area contributed by atoms with E-state index in [4.69, 9.17) is 11.6 Å². The van der Waals surface area contributed by atoms with Crippen LogP contribution in [0.15, 0.2) is 47.5 Å². The first kappa shape index (κ1) is 15.5. The Kier molecular flexibility index (Phi) is 4.59. The fourth-order valence-corrected chi connectivity index (χ4v) is 2.90. The Labute approximate surface area is 128 Å². The second-order valence-electron chi connectivity index (χ2n) is 4.27. The number of ketones is 1. The minimum atomic E-state index is -3.82. The summed E-state index contributed by atoms with van der Waals surface area (Å²) in [6.07, 6.45) is 1.71. The van der Waals surface area contributed by atoms with E-state index in [0.29, 0.717) is 17.0 Å². The van der Waals surface area contributed by atoms with Crippen molar-refractivity contribution in [1.29, 1.82) is 0 Å². The van der Waals surface area contributed by atoms with Crippen molar-refractivity contribution in [2.45, 2.75) is 18.2 Å². The molecule has 0 spiro atoms. The van der Waals surface area contributed by atoms with Crippen molar-refractivity contribution in [1.82, 2.24) is 4.98 Å². The zero-order valence-electron chi connectivity index (χ0n) is 11.2. The maximum atomic E-state index is 12.3. The molecule has 21 heavy (non-hydrogen) atoms. The van der Waals surface area contributed by atoms with Crippen molar-refractivity contribution < 1.29 is 13.2 Å². The average molecular weight is 325 g/mol. The number of anilines is 1. The van der Waals surface area contributed by atoms with Crippen molar-refractivity contribution in [2.24, 2.45) is 0 Å². The predicted molar refractivity (Wildman–Crippen MR) is 81.1 cm³/mol. The van der Waals surface area contributed by atoms with Crippen molar-refractivity contribution in [2.75, 3.05) is 4.72 Å². The first-order valence-corrected chi connectivity index (χ1v) is 8.06. The monoisotopic (exact) mass is 324 g/mol. The number of carbonyl (C=O) groups excluding carboxylic acids is 1. The summed E-state index contributed by atoms with van der Waals surface area (Å²) >= 11 is 5.79. The molecule has 0 bridgehead atoms. The Bertz CT molecular complexity index is 775. The molecule has 0 atom stereocenters. The molecule has 1 aromatic carbocycles. The lowest BCUT2D eigenvalue weighted by atomic mass is 10.1. The van der Waals surface area contributed by atoms with E-state index in [2.05, 4.69) is 9.71 Å². The molecular weight excluding hydrogens is 312 g/mol. The van der Waals surface area contributed by atoms with Crippen LogP contribution in [0.3, 0.4) is 0 Å². The van der Waals surface area contributed by atoms with Crippen molar-refractivity contribution >= 4 is 33.2 Å². The summed E-state index contributed by atoms with van der Waals surface area (Å²) in [5.41, 5.74) is 0.361. The Hall–Kier alpha value is -1.92. The highest BCUT2D eigenvalue weighted by Gasteiger charge is 2.16. The van der Waals surface area contributed by atoms with E-state index >= 15 is 0 Å². The van der Waals surface area contributed by atoms with Gasteiger partial charge in [0.1, 0.15) is 5.82 Å². The van der Waals surface area contributed by atoms with Gasteiger partial charge in [-0.05, 0) is 18.2 Å². The highest BCUT2D eigenvalue weighted by Crippen LogP contribution is 2.18. The van der Waals surface area contributed by atoms with Gasteiger partial charge in [-0.1, -0.05) is 30.7 Å². The van der Waals surface area contributed by atoms with Gasteiger partial charge in [-0.2, -0.15) is 0 Å².